The van der Waals surface area contributed by atoms with E-state index in [0.29, 0.717) is 13.1 Å². The lowest BCUT2D eigenvalue weighted by Crippen LogP contribution is -2.41. The van der Waals surface area contributed by atoms with E-state index in [-0.39, 0.29) is 6.10 Å². The molecule has 3 rings (SSSR count). The minimum Gasteiger partial charge on any atom is -0.497 e. The van der Waals surface area contributed by atoms with Crippen LogP contribution in [0.3, 0.4) is 0 Å². The van der Waals surface area contributed by atoms with E-state index in [1.165, 1.54) is 0 Å². The van der Waals surface area contributed by atoms with Gasteiger partial charge in [-0.1, -0.05) is 18.2 Å². The second-order valence-corrected chi connectivity index (χ2v) is 6.53. The zero-order chi connectivity index (χ0) is 20.5. The molecule has 7 nitrogen and oxygen atoms in total. The Morgan fingerprint density at radius 2 is 1.90 bits per heavy atom. The summed E-state index contributed by atoms with van der Waals surface area (Å²) in [5.41, 5.74) is 2.19. The van der Waals surface area contributed by atoms with E-state index in [0.717, 1.165) is 28.7 Å². The molecule has 0 amide bonds. The number of guanidine groups is 1. The first-order chi connectivity index (χ1) is 14.2. The van der Waals surface area contributed by atoms with E-state index in [9.17, 15) is 0 Å². The first-order valence-electron chi connectivity index (χ1n) is 9.52. The zero-order valence-electron chi connectivity index (χ0n) is 17.0. The van der Waals surface area contributed by atoms with Crippen LogP contribution in [0.15, 0.2) is 72.0 Å². The number of benzene rings is 2. The summed E-state index contributed by atoms with van der Waals surface area (Å²) in [7, 11) is 3.40. The Bertz CT molecular complexity index is 907. The number of rotatable bonds is 8. The molecule has 0 fully saturated rings. The van der Waals surface area contributed by atoms with Crippen LogP contribution in [-0.4, -0.2) is 42.5 Å². The summed E-state index contributed by atoms with van der Waals surface area (Å²) in [4.78, 5) is 4.27. The SMILES string of the molecule is CN=C(NCc1ccc(-n2cccn2)cc1)NCC(C)Oc1cccc(OC)c1. The Morgan fingerprint density at radius 3 is 2.59 bits per heavy atom. The highest BCUT2D eigenvalue weighted by Gasteiger charge is 2.07. The number of hydrogen-bond acceptors (Lipinski definition) is 4. The molecule has 0 aliphatic heterocycles. The molecule has 1 aromatic heterocycles. The quantitative estimate of drug-likeness (QED) is 0.455. The van der Waals surface area contributed by atoms with E-state index in [1.54, 1.807) is 20.4 Å². The van der Waals surface area contributed by atoms with E-state index >= 15 is 0 Å². The van der Waals surface area contributed by atoms with Crippen molar-refractivity contribution in [1.29, 1.82) is 0 Å². The molecular weight excluding hydrogens is 366 g/mol. The summed E-state index contributed by atoms with van der Waals surface area (Å²) in [6.45, 7) is 3.30. The van der Waals surface area contributed by atoms with Gasteiger partial charge in [0.05, 0.1) is 19.3 Å². The van der Waals surface area contributed by atoms with Crippen LogP contribution in [-0.2, 0) is 6.54 Å². The number of nitrogens with one attached hydrogen (secondary N) is 2. The van der Waals surface area contributed by atoms with Gasteiger partial charge in [0.25, 0.3) is 0 Å². The van der Waals surface area contributed by atoms with Gasteiger partial charge >= 0.3 is 0 Å². The van der Waals surface area contributed by atoms with Gasteiger partial charge in [0.15, 0.2) is 5.96 Å². The maximum Gasteiger partial charge on any atom is 0.191 e. The predicted octanol–water partition coefficient (Wildman–Crippen LogP) is 3.01. The molecule has 2 aromatic carbocycles. The molecule has 0 bridgehead atoms. The van der Waals surface area contributed by atoms with Crippen molar-refractivity contribution in [3.05, 3.63) is 72.6 Å². The van der Waals surface area contributed by atoms with Crippen molar-refractivity contribution in [2.24, 2.45) is 4.99 Å². The van der Waals surface area contributed by atoms with Crippen LogP contribution >= 0.6 is 0 Å². The van der Waals surface area contributed by atoms with Crippen LogP contribution in [0.5, 0.6) is 11.5 Å². The smallest absolute Gasteiger partial charge is 0.191 e. The first-order valence-corrected chi connectivity index (χ1v) is 9.52. The van der Waals surface area contributed by atoms with Crippen molar-refractivity contribution >= 4 is 5.96 Å². The minimum absolute atomic E-state index is 0.0333. The number of methoxy groups -OCH3 is 1. The van der Waals surface area contributed by atoms with Crippen molar-refractivity contribution in [2.75, 3.05) is 20.7 Å². The third-order valence-corrected chi connectivity index (χ3v) is 4.32. The molecule has 0 aliphatic carbocycles. The largest absolute Gasteiger partial charge is 0.497 e. The van der Waals surface area contributed by atoms with Crippen LogP contribution in [0.25, 0.3) is 5.69 Å². The lowest BCUT2D eigenvalue weighted by atomic mass is 10.2. The summed E-state index contributed by atoms with van der Waals surface area (Å²) in [6, 6.07) is 17.7. The van der Waals surface area contributed by atoms with Crippen molar-refractivity contribution in [1.82, 2.24) is 20.4 Å². The molecule has 3 aromatic rings. The number of aliphatic imine (C=N–C) groups is 1. The fourth-order valence-corrected chi connectivity index (χ4v) is 2.78. The van der Waals surface area contributed by atoms with Gasteiger partial charge in [0.1, 0.15) is 17.6 Å². The molecule has 7 heteroatoms. The van der Waals surface area contributed by atoms with Crippen LogP contribution < -0.4 is 20.1 Å². The topological polar surface area (TPSA) is 72.7 Å². The van der Waals surface area contributed by atoms with Crippen molar-refractivity contribution in [2.45, 2.75) is 19.6 Å². The fraction of sp³-hybridized carbons (Fsp3) is 0.273. The van der Waals surface area contributed by atoms with Gasteiger partial charge in [-0.05, 0) is 42.8 Å². The normalized spacial score (nSPS) is 12.3. The van der Waals surface area contributed by atoms with E-state index in [2.05, 4.69) is 32.9 Å². The van der Waals surface area contributed by atoms with Crippen molar-refractivity contribution in [3.8, 4) is 17.2 Å². The van der Waals surface area contributed by atoms with Crippen LogP contribution in [0.2, 0.25) is 0 Å². The molecule has 152 valence electrons. The third kappa shape index (κ3) is 6.00. The number of aromatic nitrogens is 2. The van der Waals surface area contributed by atoms with Gasteiger partial charge < -0.3 is 20.1 Å². The maximum atomic E-state index is 5.93. The zero-order valence-corrected chi connectivity index (χ0v) is 17.0. The molecule has 29 heavy (non-hydrogen) atoms. The standard InChI is InChI=1S/C22H27N5O2/c1-17(29-21-7-4-6-20(14-21)28-3)15-24-22(23-2)25-16-18-8-10-19(11-9-18)27-13-5-12-26-27/h4-14,17H,15-16H2,1-3H3,(H2,23,24,25). The number of nitrogens with zero attached hydrogens (tertiary/aromatic N) is 3. The van der Waals surface area contributed by atoms with Crippen molar-refractivity contribution in [3.63, 3.8) is 0 Å². The average Bonchev–Trinajstić information content (AvgIpc) is 3.29. The molecule has 1 heterocycles. The highest BCUT2D eigenvalue weighted by molar-refractivity contribution is 5.79. The van der Waals surface area contributed by atoms with Gasteiger partial charge in [-0.2, -0.15) is 5.10 Å². The van der Waals surface area contributed by atoms with Crippen LogP contribution in [0, 0.1) is 0 Å². The third-order valence-electron chi connectivity index (χ3n) is 4.32. The Morgan fingerprint density at radius 1 is 1.10 bits per heavy atom. The van der Waals surface area contributed by atoms with Crippen LogP contribution in [0.1, 0.15) is 12.5 Å². The Balaban J connectivity index is 1.45. The van der Waals surface area contributed by atoms with E-state index < -0.39 is 0 Å². The van der Waals surface area contributed by atoms with Crippen molar-refractivity contribution < 1.29 is 9.47 Å². The molecule has 0 saturated heterocycles. The Labute approximate surface area is 171 Å². The van der Waals surface area contributed by atoms with Gasteiger partial charge in [-0.3, -0.25) is 4.99 Å². The summed E-state index contributed by atoms with van der Waals surface area (Å²) >= 11 is 0. The second kappa shape index (κ2) is 10.2. The van der Waals surface area contributed by atoms with Crippen LogP contribution in [0.4, 0.5) is 0 Å². The molecule has 0 aliphatic rings. The molecule has 2 N–H and O–H groups in total. The summed E-state index contributed by atoms with van der Waals surface area (Å²) < 4.78 is 13.0. The molecule has 0 radical (unpaired) electrons. The van der Waals surface area contributed by atoms with Gasteiger partial charge in [-0.25, -0.2) is 4.68 Å². The molecule has 1 atom stereocenters. The lowest BCUT2D eigenvalue weighted by Gasteiger charge is -2.18. The maximum absolute atomic E-state index is 5.93. The Hall–Kier alpha value is -3.48. The van der Waals surface area contributed by atoms with E-state index in [4.69, 9.17) is 9.47 Å². The molecule has 0 saturated carbocycles. The first kappa shape index (κ1) is 20.3. The summed E-state index contributed by atoms with van der Waals surface area (Å²) in [6.07, 6.45) is 3.66. The Kier molecular flexibility index (Phi) is 7.10. The highest BCUT2D eigenvalue weighted by Crippen LogP contribution is 2.19. The second-order valence-electron chi connectivity index (χ2n) is 6.53. The summed E-state index contributed by atoms with van der Waals surface area (Å²) in [5.74, 6) is 2.28. The van der Waals surface area contributed by atoms with Gasteiger partial charge in [0.2, 0.25) is 0 Å². The minimum atomic E-state index is -0.0333. The molecule has 0 spiro atoms. The molecule has 1 unspecified atom stereocenters. The highest BCUT2D eigenvalue weighted by atomic mass is 16.5. The molecular formula is C22H27N5O2. The monoisotopic (exact) mass is 393 g/mol. The number of hydrogen-bond donors (Lipinski definition) is 2. The van der Waals surface area contributed by atoms with Gasteiger partial charge in [0, 0.05) is 32.1 Å². The van der Waals surface area contributed by atoms with E-state index in [1.807, 2.05) is 60.3 Å². The predicted molar refractivity (Wildman–Crippen MR) is 115 cm³/mol. The summed E-state index contributed by atoms with van der Waals surface area (Å²) in [5, 5.41) is 10.8. The van der Waals surface area contributed by atoms with Gasteiger partial charge in [-0.15, -0.1) is 0 Å². The number of ether oxygens (including phenoxy) is 2. The fourth-order valence-electron chi connectivity index (χ4n) is 2.78. The lowest BCUT2D eigenvalue weighted by molar-refractivity contribution is 0.223. The average molecular weight is 393 g/mol.